The lowest BCUT2D eigenvalue weighted by atomic mass is 10.1. The first kappa shape index (κ1) is 13.9. The zero-order valence-corrected chi connectivity index (χ0v) is 12.2. The summed E-state index contributed by atoms with van der Waals surface area (Å²) in [5.74, 6) is 0. The van der Waals surface area contributed by atoms with Crippen LogP contribution in [0.1, 0.15) is 37.6 Å². The van der Waals surface area contributed by atoms with E-state index in [0.29, 0.717) is 13.1 Å². The van der Waals surface area contributed by atoms with Gasteiger partial charge < -0.3 is 9.72 Å². The Morgan fingerprint density at radius 2 is 2.00 bits per heavy atom. The van der Waals surface area contributed by atoms with Crippen LogP contribution in [0.4, 0.5) is 4.79 Å². The molecular weight excluding hydrogens is 268 g/mol. The molecule has 1 aromatic heterocycles. The smallest absolute Gasteiger partial charge is 0.410 e. The summed E-state index contributed by atoms with van der Waals surface area (Å²) < 4.78 is 5.32. The SMILES string of the molecule is Cc1c2c([nH]c(=O)c1Cl)CN(C(=O)OC(C)(C)C)C2. The van der Waals surface area contributed by atoms with Gasteiger partial charge >= 0.3 is 6.09 Å². The molecule has 19 heavy (non-hydrogen) atoms. The van der Waals surface area contributed by atoms with Crippen molar-refractivity contribution in [2.75, 3.05) is 0 Å². The molecule has 0 saturated carbocycles. The van der Waals surface area contributed by atoms with Crippen LogP contribution in [0, 0.1) is 6.92 Å². The highest BCUT2D eigenvalue weighted by Gasteiger charge is 2.30. The average Bonchev–Trinajstić information content (AvgIpc) is 2.68. The molecule has 1 aliphatic rings. The molecule has 0 fully saturated rings. The van der Waals surface area contributed by atoms with Crippen molar-refractivity contribution < 1.29 is 9.53 Å². The van der Waals surface area contributed by atoms with Crippen LogP contribution in [0.15, 0.2) is 4.79 Å². The third kappa shape index (κ3) is 2.76. The summed E-state index contributed by atoms with van der Waals surface area (Å²) >= 11 is 5.92. The fourth-order valence-corrected chi connectivity index (χ4v) is 2.20. The number of amides is 1. The van der Waals surface area contributed by atoms with Gasteiger partial charge in [0.2, 0.25) is 0 Å². The number of rotatable bonds is 0. The standard InChI is InChI=1S/C13H17ClN2O3/c1-7-8-5-16(12(18)19-13(2,3)4)6-9(8)15-11(17)10(7)14/h5-6H2,1-4H3,(H,15,17). The Hall–Kier alpha value is -1.49. The minimum Gasteiger partial charge on any atom is -0.444 e. The number of carbonyl (C=O) groups excluding carboxylic acids is 1. The molecule has 5 nitrogen and oxygen atoms in total. The summed E-state index contributed by atoms with van der Waals surface area (Å²) in [5.41, 5.74) is 1.51. The number of H-pyrrole nitrogens is 1. The van der Waals surface area contributed by atoms with E-state index >= 15 is 0 Å². The molecule has 1 aliphatic heterocycles. The molecule has 0 saturated heterocycles. The quantitative estimate of drug-likeness (QED) is 0.796. The van der Waals surface area contributed by atoms with Gasteiger partial charge in [0.25, 0.3) is 5.56 Å². The number of halogens is 1. The largest absolute Gasteiger partial charge is 0.444 e. The summed E-state index contributed by atoms with van der Waals surface area (Å²) in [5, 5.41) is 0.185. The van der Waals surface area contributed by atoms with Crippen molar-refractivity contribution in [1.29, 1.82) is 0 Å². The molecular formula is C13H17ClN2O3. The summed E-state index contributed by atoms with van der Waals surface area (Å²) in [4.78, 5) is 27.8. The summed E-state index contributed by atoms with van der Waals surface area (Å²) in [6.07, 6.45) is -0.389. The Labute approximate surface area is 116 Å². The van der Waals surface area contributed by atoms with Gasteiger partial charge in [0, 0.05) is 5.69 Å². The topological polar surface area (TPSA) is 62.4 Å². The molecule has 6 heteroatoms. The van der Waals surface area contributed by atoms with Crippen molar-refractivity contribution in [3.63, 3.8) is 0 Å². The van der Waals surface area contributed by atoms with Gasteiger partial charge in [0.15, 0.2) is 0 Å². The maximum absolute atomic E-state index is 12.0. The molecule has 0 unspecified atom stereocenters. The molecule has 2 rings (SSSR count). The zero-order valence-electron chi connectivity index (χ0n) is 11.5. The van der Waals surface area contributed by atoms with Crippen molar-refractivity contribution in [2.45, 2.75) is 46.4 Å². The zero-order chi connectivity index (χ0) is 14.4. The van der Waals surface area contributed by atoms with E-state index in [4.69, 9.17) is 16.3 Å². The van der Waals surface area contributed by atoms with E-state index in [0.717, 1.165) is 16.8 Å². The van der Waals surface area contributed by atoms with E-state index in [1.54, 1.807) is 11.8 Å². The third-order valence-electron chi connectivity index (χ3n) is 2.96. The average molecular weight is 285 g/mol. The molecule has 0 aliphatic carbocycles. The molecule has 0 atom stereocenters. The van der Waals surface area contributed by atoms with Crippen LogP contribution in [0.25, 0.3) is 0 Å². The van der Waals surface area contributed by atoms with Crippen LogP contribution < -0.4 is 5.56 Å². The fraction of sp³-hybridized carbons (Fsp3) is 0.538. The van der Waals surface area contributed by atoms with Gasteiger partial charge in [-0.3, -0.25) is 9.69 Å². The summed E-state index contributed by atoms with van der Waals surface area (Å²) in [7, 11) is 0. The maximum Gasteiger partial charge on any atom is 0.410 e. The minimum atomic E-state index is -0.536. The van der Waals surface area contributed by atoms with Crippen LogP contribution in [-0.2, 0) is 17.8 Å². The molecule has 1 aromatic rings. The Bertz CT molecular complexity index is 587. The number of nitrogens with zero attached hydrogens (tertiary/aromatic N) is 1. The molecule has 0 aromatic carbocycles. The Kier molecular flexibility index (Phi) is 3.34. The van der Waals surface area contributed by atoms with Gasteiger partial charge in [-0.25, -0.2) is 4.79 Å². The lowest BCUT2D eigenvalue weighted by molar-refractivity contribution is 0.0240. The van der Waals surface area contributed by atoms with Gasteiger partial charge in [-0.2, -0.15) is 0 Å². The predicted molar refractivity (Wildman–Crippen MR) is 72.3 cm³/mol. The Morgan fingerprint density at radius 1 is 1.37 bits per heavy atom. The van der Waals surface area contributed by atoms with Crippen LogP contribution in [0.2, 0.25) is 5.02 Å². The minimum absolute atomic E-state index is 0.185. The fourth-order valence-electron chi connectivity index (χ4n) is 2.04. The van der Waals surface area contributed by atoms with E-state index in [1.807, 2.05) is 20.8 Å². The van der Waals surface area contributed by atoms with Crippen LogP contribution >= 0.6 is 11.6 Å². The Morgan fingerprint density at radius 3 is 2.58 bits per heavy atom. The molecule has 2 heterocycles. The lowest BCUT2D eigenvalue weighted by Gasteiger charge is -2.24. The molecule has 0 spiro atoms. The number of hydrogen-bond donors (Lipinski definition) is 1. The Balaban J connectivity index is 2.24. The predicted octanol–water partition coefficient (Wildman–Crippen LogP) is 2.59. The van der Waals surface area contributed by atoms with Crippen LogP contribution in [0.5, 0.6) is 0 Å². The highest BCUT2D eigenvalue weighted by Crippen LogP contribution is 2.27. The van der Waals surface area contributed by atoms with Gasteiger partial charge in [0.05, 0.1) is 13.1 Å². The van der Waals surface area contributed by atoms with Gasteiger partial charge in [-0.15, -0.1) is 0 Å². The normalized spacial score (nSPS) is 14.5. The number of carbonyl (C=O) groups is 1. The van der Waals surface area contributed by atoms with Gasteiger partial charge in [-0.1, -0.05) is 11.6 Å². The molecule has 104 valence electrons. The van der Waals surface area contributed by atoms with E-state index in [9.17, 15) is 9.59 Å². The number of hydrogen-bond acceptors (Lipinski definition) is 3. The van der Waals surface area contributed by atoms with E-state index in [2.05, 4.69) is 4.98 Å². The first-order valence-electron chi connectivity index (χ1n) is 6.07. The molecule has 1 amide bonds. The summed E-state index contributed by atoms with van der Waals surface area (Å²) in [6, 6.07) is 0. The number of nitrogens with one attached hydrogen (secondary N) is 1. The second-order valence-corrected chi connectivity index (χ2v) is 6.06. The van der Waals surface area contributed by atoms with Crippen molar-refractivity contribution in [3.8, 4) is 0 Å². The van der Waals surface area contributed by atoms with Crippen molar-refractivity contribution in [2.24, 2.45) is 0 Å². The number of aromatic amines is 1. The van der Waals surface area contributed by atoms with E-state index in [-0.39, 0.29) is 16.7 Å². The third-order valence-corrected chi connectivity index (χ3v) is 3.41. The van der Waals surface area contributed by atoms with Crippen LogP contribution in [-0.4, -0.2) is 21.6 Å². The molecule has 0 radical (unpaired) electrons. The van der Waals surface area contributed by atoms with E-state index in [1.165, 1.54) is 0 Å². The van der Waals surface area contributed by atoms with Crippen molar-refractivity contribution in [1.82, 2.24) is 9.88 Å². The first-order valence-corrected chi connectivity index (χ1v) is 6.45. The number of ether oxygens (including phenoxy) is 1. The first-order chi connectivity index (χ1) is 8.69. The lowest BCUT2D eigenvalue weighted by Crippen LogP contribution is -2.33. The van der Waals surface area contributed by atoms with E-state index < -0.39 is 5.60 Å². The van der Waals surface area contributed by atoms with Crippen LogP contribution in [0.3, 0.4) is 0 Å². The molecule has 0 bridgehead atoms. The highest BCUT2D eigenvalue weighted by molar-refractivity contribution is 6.31. The second kappa shape index (κ2) is 4.56. The molecule has 1 N–H and O–H groups in total. The number of aromatic nitrogens is 1. The van der Waals surface area contributed by atoms with Crippen molar-refractivity contribution in [3.05, 3.63) is 32.2 Å². The van der Waals surface area contributed by atoms with Gasteiger partial charge in [0.1, 0.15) is 10.6 Å². The summed E-state index contributed by atoms with van der Waals surface area (Å²) in [6.45, 7) is 7.99. The monoisotopic (exact) mass is 284 g/mol. The number of fused-ring (bicyclic) bond motifs is 1. The second-order valence-electron chi connectivity index (χ2n) is 5.69. The van der Waals surface area contributed by atoms with Crippen molar-refractivity contribution >= 4 is 17.7 Å². The number of pyridine rings is 1. The highest BCUT2D eigenvalue weighted by atomic mass is 35.5. The van der Waals surface area contributed by atoms with Gasteiger partial charge in [-0.05, 0) is 38.8 Å². The maximum atomic E-state index is 12.0.